The Morgan fingerprint density at radius 2 is 2.13 bits per heavy atom. The van der Waals surface area contributed by atoms with E-state index < -0.39 is 0 Å². The van der Waals surface area contributed by atoms with Crippen molar-refractivity contribution >= 4 is 28.5 Å². The third-order valence-corrected chi connectivity index (χ3v) is 5.26. The fourth-order valence-corrected chi connectivity index (χ4v) is 3.73. The molecule has 128 valence electrons. The van der Waals surface area contributed by atoms with Crippen molar-refractivity contribution in [3.05, 3.63) is 22.7 Å². The highest BCUT2D eigenvalue weighted by molar-refractivity contribution is 8.13. The number of hydrogen-bond donors (Lipinski definition) is 2. The van der Waals surface area contributed by atoms with E-state index in [-0.39, 0.29) is 10.8 Å². The Labute approximate surface area is 146 Å². The second-order valence-corrected chi connectivity index (χ2v) is 7.08. The van der Waals surface area contributed by atoms with Crippen molar-refractivity contribution in [1.82, 2.24) is 5.01 Å². The first-order chi connectivity index (χ1) is 11.0. The van der Waals surface area contributed by atoms with Crippen molar-refractivity contribution in [1.29, 1.82) is 0 Å². The maximum atomic E-state index is 9.79. The molecule has 1 aromatic carbocycles. The van der Waals surface area contributed by atoms with Crippen molar-refractivity contribution in [3.63, 3.8) is 0 Å². The first kappa shape index (κ1) is 18.2. The van der Waals surface area contributed by atoms with Crippen molar-refractivity contribution in [2.75, 3.05) is 14.2 Å². The molecule has 0 amide bonds. The fourth-order valence-electron chi connectivity index (χ4n) is 2.61. The number of halogens is 1. The number of phenols is 1. The molecular weight excluding hydrogens is 334 g/mol. The lowest BCUT2D eigenvalue weighted by atomic mass is 9.96. The Hall–Kier alpha value is -1.11. The summed E-state index contributed by atoms with van der Waals surface area (Å²) in [5, 5.41) is 12.5. The zero-order valence-corrected chi connectivity index (χ0v) is 15.2. The molecule has 1 fully saturated rings. The minimum atomic E-state index is -0.0324. The van der Waals surface area contributed by atoms with Crippen LogP contribution in [0.2, 0.25) is 5.02 Å². The van der Waals surface area contributed by atoms with Crippen molar-refractivity contribution in [2.24, 2.45) is 10.8 Å². The number of amidine groups is 1. The van der Waals surface area contributed by atoms with Gasteiger partial charge in [-0.15, -0.1) is 0 Å². The predicted octanol–water partition coefficient (Wildman–Crippen LogP) is 3.78. The van der Waals surface area contributed by atoms with Gasteiger partial charge in [0, 0.05) is 12.8 Å². The summed E-state index contributed by atoms with van der Waals surface area (Å²) in [6.45, 7) is 0. The summed E-state index contributed by atoms with van der Waals surface area (Å²) in [6.07, 6.45) is 6.06. The van der Waals surface area contributed by atoms with Gasteiger partial charge in [-0.3, -0.25) is 10.0 Å². The van der Waals surface area contributed by atoms with E-state index in [0.717, 1.165) is 23.6 Å². The second kappa shape index (κ2) is 8.66. The fraction of sp³-hybridized carbons (Fsp3) is 0.562. The van der Waals surface area contributed by atoms with Crippen LogP contribution in [-0.2, 0) is 5.75 Å². The Morgan fingerprint density at radius 1 is 1.43 bits per heavy atom. The first-order valence-corrected chi connectivity index (χ1v) is 9.12. The average molecular weight is 358 g/mol. The number of nitrogens with zero attached hydrogens (tertiary/aromatic N) is 2. The lowest BCUT2D eigenvalue weighted by Crippen LogP contribution is -2.32. The summed E-state index contributed by atoms with van der Waals surface area (Å²) < 4.78 is 5.13. The van der Waals surface area contributed by atoms with E-state index in [1.807, 2.05) is 0 Å². The van der Waals surface area contributed by atoms with Crippen LogP contribution in [0.25, 0.3) is 0 Å². The second-order valence-electron chi connectivity index (χ2n) is 5.73. The number of phenolic OH excluding ortho intramolecular Hbond substituents is 1. The lowest BCUT2D eigenvalue weighted by molar-refractivity contribution is 0.373. The number of hydrogen-bond acceptors (Lipinski definition) is 5. The minimum Gasteiger partial charge on any atom is -0.503 e. The molecule has 0 radical (unpaired) electrons. The SMILES string of the molecule is COc1cc(CSC(=NC2CCCCC2)N(C)N)cc(Cl)c1O. The van der Waals surface area contributed by atoms with E-state index in [4.69, 9.17) is 27.2 Å². The van der Waals surface area contributed by atoms with Gasteiger partial charge < -0.3 is 9.84 Å². The van der Waals surface area contributed by atoms with Crippen LogP contribution in [0.3, 0.4) is 0 Å². The lowest BCUT2D eigenvalue weighted by Gasteiger charge is -2.22. The van der Waals surface area contributed by atoms with Crippen LogP contribution in [0.5, 0.6) is 11.5 Å². The molecule has 7 heteroatoms. The maximum Gasteiger partial charge on any atom is 0.176 e. The van der Waals surface area contributed by atoms with E-state index in [1.165, 1.54) is 26.4 Å². The molecule has 0 unspecified atom stereocenters. The minimum absolute atomic E-state index is 0.0324. The van der Waals surface area contributed by atoms with Gasteiger partial charge in [-0.05, 0) is 30.5 Å². The molecule has 23 heavy (non-hydrogen) atoms. The van der Waals surface area contributed by atoms with Crippen molar-refractivity contribution < 1.29 is 9.84 Å². The molecule has 0 aromatic heterocycles. The highest BCUT2D eigenvalue weighted by Gasteiger charge is 2.15. The predicted molar refractivity (Wildman–Crippen MR) is 97.2 cm³/mol. The van der Waals surface area contributed by atoms with Gasteiger partial charge >= 0.3 is 0 Å². The summed E-state index contributed by atoms with van der Waals surface area (Å²) in [5.74, 6) is 6.92. The summed E-state index contributed by atoms with van der Waals surface area (Å²) in [6, 6.07) is 3.89. The first-order valence-electron chi connectivity index (χ1n) is 7.75. The topological polar surface area (TPSA) is 71.1 Å². The number of aliphatic imine (C=N–C) groups is 1. The summed E-state index contributed by atoms with van der Waals surface area (Å²) in [5.41, 5.74) is 0.952. The van der Waals surface area contributed by atoms with E-state index >= 15 is 0 Å². The van der Waals surface area contributed by atoms with Gasteiger partial charge in [0.1, 0.15) is 0 Å². The van der Waals surface area contributed by atoms with Crippen LogP contribution in [0.4, 0.5) is 0 Å². The van der Waals surface area contributed by atoms with Crippen LogP contribution in [0.1, 0.15) is 37.7 Å². The Bertz CT molecular complexity index is 561. The number of thioether (sulfide) groups is 1. The molecule has 0 atom stereocenters. The number of rotatable bonds is 4. The zero-order valence-electron chi connectivity index (χ0n) is 13.6. The number of methoxy groups -OCH3 is 1. The standard InChI is InChI=1S/C16H24ClN3O2S/c1-20(18)16(19-12-6-4-3-5-7-12)23-10-11-8-13(17)15(21)14(9-11)22-2/h8-9,12,21H,3-7,10,18H2,1-2H3. The van der Waals surface area contributed by atoms with Crippen molar-refractivity contribution in [2.45, 2.75) is 43.9 Å². The van der Waals surface area contributed by atoms with Crippen molar-refractivity contribution in [3.8, 4) is 11.5 Å². The zero-order chi connectivity index (χ0) is 16.8. The molecule has 3 N–H and O–H groups in total. The number of hydrazine groups is 1. The highest BCUT2D eigenvalue weighted by Crippen LogP contribution is 2.36. The average Bonchev–Trinajstić information content (AvgIpc) is 2.55. The van der Waals surface area contributed by atoms with E-state index in [2.05, 4.69) is 0 Å². The molecule has 5 nitrogen and oxygen atoms in total. The largest absolute Gasteiger partial charge is 0.503 e. The molecule has 0 aliphatic heterocycles. The van der Waals surface area contributed by atoms with Gasteiger partial charge in [0.2, 0.25) is 0 Å². The van der Waals surface area contributed by atoms with Gasteiger partial charge in [-0.25, -0.2) is 5.84 Å². The number of ether oxygens (including phenoxy) is 1. The number of nitrogens with two attached hydrogens (primary N) is 1. The van der Waals surface area contributed by atoms with Crippen LogP contribution in [-0.4, -0.2) is 35.5 Å². The Morgan fingerprint density at radius 3 is 2.74 bits per heavy atom. The van der Waals surface area contributed by atoms with E-state index in [9.17, 15) is 5.11 Å². The molecule has 1 aliphatic rings. The van der Waals surface area contributed by atoms with Gasteiger partial charge in [0.15, 0.2) is 16.7 Å². The van der Waals surface area contributed by atoms with Gasteiger partial charge in [-0.2, -0.15) is 0 Å². The van der Waals surface area contributed by atoms with Gasteiger partial charge in [0.05, 0.1) is 18.2 Å². The molecule has 0 heterocycles. The van der Waals surface area contributed by atoms with Gasteiger partial charge in [0.25, 0.3) is 0 Å². The number of benzene rings is 1. The van der Waals surface area contributed by atoms with Crippen LogP contribution in [0.15, 0.2) is 17.1 Å². The summed E-state index contributed by atoms with van der Waals surface area (Å²) in [4.78, 5) is 4.80. The maximum absolute atomic E-state index is 9.79. The smallest absolute Gasteiger partial charge is 0.176 e. The summed E-state index contributed by atoms with van der Waals surface area (Å²) >= 11 is 7.59. The summed E-state index contributed by atoms with van der Waals surface area (Å²) in [7, 11) is 3.31. The molecular formula is C16H24ClN3O2S. The Kier molecular flexibility index (Phi) is 6.87. The van der Waals surface area contributed by atoms with Crippen LogP contribution < -0.4 is 10.6 Å². The molecule has 0 spiro atoms. The molecule has 1 aromatic rings. The third kappa shape index (κ3) is 5.19. The number of aromatic hydroxyl groups is 1. The normalized spacial score (nSPS) is 16.4. The molecule has 0 bridgehead atoms. The molecule has 2 rings (SSSR count). The molecule has 1 aliphatic carbocycles. The third-order valence-electron chi connectivity index (χ3n) is 3.85. The van der Waals surface area contributed by atoms with E-state index in [0.29, 0.717) is 17.5 Å². The highest BCUT2D eigenvalue weighted by atomic mass is 35.5. The monoisotopic (exact) mass is 357 g/mol. The van der Waals surface area contributed by atoms with Crippen LogP contribution >= 0.6 is 23.4 Å². The Balaban J connectivity index is 2.06. The molecule has 0 saturated heterocycles. The molecule has 1 saturated carbocycles. The van der Waals surface area contributed by atoms with E-state index in [1.54, 1.807) is 36.0 Å². The van der Waals surface area contributed by atoms with Crippen LogP contribution in [0, 0.1) is 0 Å². The quantitative estimate of drug-likeness (QED) is 0.371. The van der Waals surface area contributed by atoms with Gasteiger partial charge in [-0.1, -0.05) is 42.6 Å².